The zero-order valence-electron chi connectivity index (χ0n) is 19.8. The Hall–Kier alpha value is -2.19. The molecule has 2 aromatic heterocycles. The number of aromatic amines is 1. The lowest BCUT2D eigenvalue weighted by Crippen LogP contribution is -2.48. The first-order valence-electron chi connectivity index (χ1n) is 12.8. The van der Waals surface area contributed by atoms with Gasteiger partial charge in [0.15, 0.2) is 5.65 Å². The van der Waals surface area contributed by atoms with Gasteiger partial charge in [-0.2, -0.15) is 0 Å². The van der Waals surface area contributed by atoms with E-state index >= 15 is 0 Å². The highest BCUT2D eigenvalue weighted by molar-refractivity contribution is 6.34. The average molecular weight is 480 g/mol. The molecule has 3 aliphatic rings. The van der Waals surface area contributed by atoms with Gasteiger partial charge in [0.1, 0.15) is 11.3 Å². The van der Waals surface area contributed by atoms with Crippen molar-refractivity contribution in [2.75, 3.05) is 63.8 Å². The van der Waals surface area contributed by atoms with E-state index in [1.165, 1.54) is 31.4 Å². The fourth-order valence-electron chi connectivity index (χ4n) is 5.46. The number of pyridine rings is 1. The smallest absolute Gasteiger partial charge is 0.180 e. The number of hydrogen-bond donors (Lipinski definition) is 2. The summed E-state index contributed by atoms with van der Waals surface area (Å²) in [4.78, 5) is 20.4. The van der Waals surface area contributed by atoms with E-state index in [0.717, 1.165) is 93.1 Å². The van der Waals surface area contributed by atoms with Gasteiger partial charge in [0.2, 0.25) is 0 Å². The molecule has 2 N–H and O–H groups in total. The van der Waals surface area contributed by atoms with E-state index in [1.807, 2.05) is 0 Å². The van der Waals surface area contributed by atoms with E-state index in [0.29, 0.717) is 5.02 Å². The molecule has 34 heavy (non-hydrogen) atoms. The highest BCUT2D eigenvalue weighted by atomic mass is 35.5. The zero-order chi connectivity index (χ0) is 22.9. The quantitative estimate of drug-likeness (QED) is 0.563. The third-order valence-corrected chi connectivity index (χ3v) is 8.00. The second-order valence-corrected chi connectivity index (χ2v) is 10.5. The summed E-state index contributed by atoms with van der Waals surface area (Å²) in [6.07, 6.45) is 5.98. The number of imidazole rings is 1. The van der Waals surface area contributed by atoms with Crippen molar-refractivity contribution in [1.82, 2.24) is 30.1 Å². The number of nitrogens with zero attached hydrogens (tertiary/aromatic N) is 5. The molecule has 7 nitrogen and oxygen atoms in total. The minimum atomic E-state index is 0.696. The van der Waals surface area contributed by atoms with E-state index in [2.05, 4.69) is 54.2 Å². The maximum Gasteiger partial charge on any atom is 0.180 e. The summed E-state index contributed by atoms with van der Waals surface area (Å²) in [6.45, 7) is 10.8. The summed E-state index contributed by atoms with van der Waals surface area (Å²) in [6, 6.07) is 8.76. The molecule has 4 heterocycles. The summed E-state index contributed by atoms with van der Waals surface area (Å²) in [5, 5.41) is 4.11. The molecule has 8 heteroatoms. The van der Waals surface area contributed by atoms with E-state index in [-0.39, 0.29) is 0 Å². The lowest BCUT2D eigenvalue weighted by molar-refractivity contribution is 0.170. The monoisotopic (exact) mass is 479 g/mol. The highest BCUT2D eigenvalue weighted by Gasteiger charge is 2.26. The highest BCUT2D eigenvalue weighted by Crippen LogP contribution is 2.34. The molecule has 1 aromatic carbocycles. The molecule has 1 aliphatic carbocycles. The van der Waals surface area contributed by atoms with E-state index in [1.54, 1.807) is 6.20 Å². The molecule has 180 valence electrons. The Morgan fingerprint density at radius 2 is 1.71 bits per heavy atom. The first-order valence-corrected chi connectivity index (χ1v) is 13.1. The van der Waals surface area contributed by atoms with Crippen molar-refractivity contribution in [3.8, 4) is 11.4 Å². The topological polar surface area (TPSA) is 63.3 Å². The number of benzene rings is 1. The summed E-state index contributed by atoms with van der Waals surface area (Å²) in [5.41, 5.74) is 5.14. The number of aromatic nitrogens is 3. The lowest BCUT2D eigenvalue weighted by Gasteiger charge is -2.39. The summed E-state index contributed by atoms with van der Waals surface area (Å²) >= 11 is 6.68. The molecule has 3 fully saturated rings. The van der Waals surface area contributed by atoms with Gasteiger partial charge in [-0.05, 0) is 24.3 Å². The van der Waals surface area contributed by atoms with Gasteiger partial charge in [-0.25, -0.2) is 9.97 Å². The van der Waals surface area contributed by atoms with Crippen LogP contribution >= 0.6 is 11.6 Å². The molecule has 2 aliphatic heterocycles. The number of rotatable bonds is 6. The average Bonchev–Trinajstić information content (AvgIpc) is 3.27. The Kier molecular flexibility index (Phi) is 6.43. The van der Waals surface area contributed by atoms with Gasteiger partial charge >= 0.3 is 0 Å². The molecule has 6 rings (SSSR count). The van der Waals surface area contributed by atoms with Crippen LogP contribution in [0.1, 0.15) is 24.8 Å². The zero-order valence-corrected chi connectivity index (χ0v) is 20.5. The maximum atomic E-state index is 6.68. The van der Waals surface area contributed by atoms with Crippen molar-refractivity contribution >= 4 is 28.5 Å². The molecular formula is C26H34ClN7. The van der Waals surface area contributed by atoms with Gasteiger partial charge in [0.25, 0.3) is 0 Å². The first-order chi connectivity index (χ1) is 16.7. The Balaban J connectivity index is 1.18. The van der Waals surface area contributed by atoms with E-state index < -0.39 is 0 Å². The molecule has 3 aromatic rings. The number of fused-ring (bicyclic) bond motifs is 1. The minimum Gasteiger partial charge on any atom is -0.366 e. The van der Waals surface area contributed by atoms with Gasteiger partial charge in [-0.15, -0.1) is 0 Å². The van der Waals surface area contributed by atoms with Crippen molar-refractivity contribution in [3.63, 3.8) is 0 Å². The molecule has 0 bridgehead atoms. The third-order valence-electron chi connectivity index (χ3n) is 7.72. The van der Waals surface area contributed by atoms with Crippen LogP contribution in [0.2, 0.25) is 5.02 Å². The van der Waals surface area contributed by atoms with Crippen LogP contribution in [0, 0.1) is 5.92 Å². The Bertz CT molecular complexity index is 1110. The number of hydrogen-bond acceptors (Lipinski definition) is 6. The van der Waals surface area contributed by atoms with Gasteiger partial charge in [-0.1, -0.05) is 42.3 Å². The second kappa shape index (κ2) is 9.82. The Morgan fingerprint density at radius 3 is 2.41 bits per heavy atom. The van der Waals surface area contributed by atoms with Crippen LogP contribution in [0.4, 0.5) is 5.69 Å². The van der Waals surface area contributed by atoms with Gasteiger partial charge < -0.3 is 15.2 Å². The summed E-state index contributed by atoms with van der Waals surface area (Å²) in [5.74, 6) is 1.77. The van der Waals surface area contributed by atoms with E-state index in [4.69, 9.17) is 16.6 Å². The summed E-state index contributed by atoms with van der Waals surface area (Å²) < 4.78 is 0. The van der Waals surface area contributed by atoms with E-state index in [9.17, 15) is 0 Å². The first kappa shape index (κ1) is 22.3. The van der Waals surface area contributed by atoms with Crippen LogP contribution in [0.15, 0.2) is 30.5 Å². The molecular weight excluding hydrogens is 446 g/mol. The number of H-pyrrole nitrogens is 1. The fraction of sp³-hybridized carbons (Fsp3) is 0.538. The van der Waals surface area contributed by atoms with Crippen LogP contribution in [-0.2, 0) is 6.54 Å². The van der Waals surface area contributed by atoms with Gasteiger partial charge in [-0.3, -0.25) is 9.80 Å². The standard InChI is InChI=1S/C26H34ClN7/c27-22-16-29-26-23(24(22)34-14-12-33(13-15-34)17-19-2-1-3-19)30-25(31-26)21-6-4-20(5-7-21)18-32-10-8-28-9-11-32/h4-7,16,19,28H,1-3,8-15,17-18H2,(H,29,30,31). The van der Waals surface area contributed by atoms with Crippen LogP contribution in [0.3, 0.4) is 0 Å². The SMILES string of the molecule is Clc1cnc2nc(-c3ccc(CN4CCNCC4)cc3)[nH]c2c1N1CCN(CC2CCC2)CC1. The third kappa shape index (κ3) is 4.67. The number of piperazine rings is 2. The van der Waals surface area contributed by atoms with Crippen molar-refractivity contribution in [1.29, 1.82) is 0 Å². The van der Waals surface area contributed by atoms with Crippen LogP contribution < -0.4 is 10.2 Å². The van der Waals surface area contributed by atoms with Crippen LogP contribution in [0.25, 0.3) is 22.6 Å². The van der Waals surface area contributed by atoms with Crippen LogP contribution in [0.5, 0.6) is 0 Å². The molecule has 0 radical (unpaired) electrons. The van der Waals surface area contributed by atoms with Crippen LogP contribution in [-0.4, -0.2) is 83.7 Å². The predicted molar refractivity (Wildman–Crippen MR) is 138 cm³/mol. The largest absolute Gasteiger partial charge is 0.366 e. The van der Waals surface area contributed by atoms with Crippen molar-refractivity contribution in [2.24, 2.45) is 5.92 Å². The fourth-order valence-corrected chi connectivity index (χ4v) is 5.72. The predicted octanol–water partition coefficient (Wildman–Crippen LogP) is 3.61. The number of nitrogens with one attached hydrogen (secondary N) is 2. The van der Waals surface area contributed by atoms with Crippen molar-refractivity contribution < 1.29 is 0 Å². The second-order valence-electron chi connectivity index (χ2n) is 10.0. The van der Waals surface area contributed by atoms with Gasteiger partial charge in [0, 0.05) is 71.0 Å². The Labute approximate surface area is 206 Å². The molecule has 2 saturated heterocycles. The number of anilines is 1. The maximum absolute atomic E-state index is 6.68. The number of halogens is 1. The molecule has 0 unspecified atom stereocenters. The molecule has 0 amide bonds. The molecule has 0 atom stereocenters. The van der Waals surface area contributed by atoms with Crippen molar-refractivity contribution in [2.45, 2.75) is 25.8 Å². The van der Waals surface area contributed by atoms with Crippen molar-refractivity contribution in [3.05, 3.63) is 41.0 Å². The van der Waals surface area contributed by atoms with Gasteiger partial charge in [0.05, 0.1) is 16.9 Å². The Morgan fingerprint density at radius 1 is 0.941 bits per heavy atom. The normalized spacial score (nSPS) is 20.7. The lowest BCUT2D eigenvalue weighted by atomic mass is 9.85. The minimum absolute atomic E-state index is 0.696. The molecule has 1 saturated carbocycles. The summed E-state index contributed by atoms with van der Waals surface area (Å²) in [7, 11) is 0. The molecule has 0 spiro atoms.